The molecule has 9 nitrogen and oxygen atoms in total. The summed E-state index contributed by atoms with van der Waals surface area (Å²) in [5.74, 6) is -0.134. The summed E-state index contributed by atoms with van der Waals surface area (Å²) in [4.78, 5) is 2.48. The van der Waals surface area contributed by atoms with Crippen LogP contribution in [0.25, 0.3) is 0 Å². The number of likely N-dealkylation sites (tertiary alicyclic amines) is 1. The van der Waals surface area contributed by atoms with E-state index in [2.05, 4.69) is 11.8 Å². The summed E-state index contributed by atoms with van der Waals surface area (Å²) < 4.78 is 55.4. The Hall–Kier alpha value is -1.40. The molecule has 2 unspecified atom stereocenters. The summed E-state index contributed by atoms with van der Waals surface area (Å²) in [5, 5.41) is 9.97. The lowest BCUT2D eigenvalue weighted by molar-refractivity contribution is 0.0851. The molecule has 1 aliphatic carbocycles. The van der Waals surface area contributed by atoms with Crippen molar-refractivity contribution in [1.29, 1.82) is 0 Å². The molecule has 1 aliphatic heterocycles. The van der Waals surface area contributed by atoms with Crippen molar-refractivity contribution in [3.8, 4) is 11.5 Å². The molecule has 1 saturated heterocycles. The number of hydrogen-bond acceptors (Lipinski definition) is 7. The van der Waals surface area contributed by atoms with Crippen LogP contribution in [0.4, 0.5) is 0 Å². The van der Waals surface area contributed by atoms with Crippen LogP contribution < -0.4 is 18.6 Å². The van der Waals surface area contributed by atoms with Crippen molar-refractivity contribution in [1.82, 2.24) is 4.90 Å². The zero-order valence-corrected chi connectivity index (χ0v) is 16.8. The van der Waals surface area contributed by atoms with Crippen LogP contribution in [-0.2, 0) is 33.4 Å². The van der Waals surface area contributed by atoms with Gasteiger partial charge in [0.25, 0.3) is 0 Å². The Kier molecular flexibility index (Phi) is 5.69. The highest BCUT2D eigenvalue weighted by Crippen LogP contribution is 2.43. The monoisotopic (exact) mass is 419 g/mol. The Morgan fingerprint density at radius 1 is 1.11 bits per heavy atom. The SMILES string of the molecule is CCCN1CCCC2Cc3c(ccc(OS(N)(=O)=O)c3OS(N)(=O)=O)CC21. The Bertz CT molecular complexity index is 914. The van der Waals surface area contributed by atoms with Gasteiger partial charge in [0, 0.05) is 11.6 Å². The second-order valence-corrected chi connectivity index (χ2v) is 9.40. The summed E-state index contributed by atoms with van der Waals surface area (Å²) >= 11 is 0. The topological polar surface area (TPSA) is 142 Å². The van der Waals surface area contributed by atoms with Gasteiger partial charge in [-0.1, -0.05) is 13.0 Å². The zero-order valence-electron chi connectivity index (χ0n) is 15.1. The van der Waals surface area contributed by atoms with E-state index in [0.717, 1.165) is 44.3 Å². The Morgan fingerprint density at radius 2 is 1.81 bits per heavy atom. The summed E-state index contributed by atoms with van der Waals surface area (Å²) in [5.41, 5.74) is 1.52. The third-order valence-corrected chi connectivity index (χ3v) is 5.98. The van der Waals surface area contributed by atoms with Gasteiger partial charge in [-0.05, 0) is 62.7 Å². The zero-order chi connectivity index (χ0) is 19.8. The van der Waals surface area contributed by atoms with Gasteiger partial charge < -0.3 is 8.37 Å². The van der Waals surface area contributed by atoms with Crippen molar-refractivity contribution in [2.75, 3.05) is 13.1 Å². The van der Waals surface area contributed by atoms with Crippen LogP contribution in [0.5, 0.6) is 11.5 Å². The van der Waals surface area contributed by atoms with Gasteiger partial charge in [-0.2, -0.15) is 27.1 Å². The molecule has 0 saturated carbocycles. The number of benzene rings is 1. The smallest absolute Gasteiger partial charge is 0.367 e. The van der Waals surface area contributed by atoms with Gasteiger partial charge in [-0.25, -0.2) is 0 Å². The quantitative estimate of drug-likeness (QED) is 0.681. The van der Waals surface area contributed by atoms with E-state index < -0.39 is 20.6 Å². The molecule has 152 valence electrons. The van der Waals surface area contributed by atoms with Crippen LogP contribution in [0.1, 0.15) is 37.3 Å². The molecule has 2 atom stereocenters. The molecule has 4 N–H and O–H groups in total. The first-order chi connectivity index (χ1) is 12.6. The molecule has 0 bridgehead atoms. The van der Waals surface area contributed by atoms with Gasteiger partial charge in [0.15, 0.2) is 11.5 Å². The van der Waals surface area contributed by atoms with Crippen LogP contribution in [0.15, 0.2) is 12.1 Å². The Labute approximate surface area is 160 Å². The van der Waals surface area contributed by atoms with E-state index in [0.29, 0.717) is 23.9 Å². The highest BCUT2D eigenvalue weighted by atomic mass is 32.2. The highest BCUT2D eigenvalue weighted by molar-refractivity contribution is 7.85. The molecular formula is C16H25N3O6S2. The third kappa shape index (κ3) is 4.91. The maximum absolute atomic E-state index is 11.5. The van der Waals surface area contributed by atoms with Crippen molar-refractivity contribution in [2.24, 2.45) is 16.2 Å². The molecular weight excluding hydrogens is 394 g/mol. The molecule has 0 aromatic heterocycles. The minimum Gasteiger partial charge on any atom is -0.367 e. The molecule has 1 aromatic carbocycles. The molecule has 2 aliphatic rings. The lowest BCUT2D eigenvalue weighted by Gasteiger charge is -2.45. The summed E-state index contributed by atoms with van der Waals surface area (Å²) in [6, 6.07) is 3.47. The number of rotatable bonds is 6. The molecule has 0 radical (unpaired) electrons. The molecule has 1 heterocycles. The van der Waals surface area contributed by atoms with Gasteiger partial charge in [0.1, 0.15) is 0 Å². The molecule has 0 amide bonds. The Morgan fingerprint density at radius 3 is 2.44 bits per heavy atom. The molecule has 27 heavy (non-hydrogen) atoms. The van der Waals surface area contributed by atoms with E-state index in [1.165, 1.54) is 6.07 Å². The predicted octanol–water partition coefficient (Wildman–Crippen LogP) is 0.440. The van der Waals surface area contributed by atoms with Crippen molar-refractivity contribution in [2.45, 2.75) is 45.1 Å². The number of hydrogen-bond donors (Lipinski definition) is 2. The van der Waals surface area contributed by atoms with E-state index in [4.69, 9.17) is 18.6 Å². The average molecular weight is 420 g/mol. The van der Waals surface area contributed by atoms with Crippen molar-refractivity contribution >= 4 is 20.6 Å². The average Bonchev–Trinajstić information content (AvgIpc) is 2.54. The van der Waals surface area contributed by atoms with Gasteiger partial charge >= 0.3 is 20.6 Å². The normalized spacial score (nSPS) is 23.4. The van der Waals surface area contributed by atoms with E-state index >= 15 is 0 Å². The van der Waals surface area contributed by atoms with E-state index in [1.54, 1.807) is 6.07 Å². The number of fused-ring (bicyclic) bond motifs is 2. The van der Waals surface area contributed by atoms with Crippen LogP contribution in [-0.4, -0.2) is 40.9 Å². The number of piperidine rings is 1. The molecule has 3 rings (SSSR count). The summed E-state index contributed by atoms with van der Waals surface area (Å²) in [7, 11) is -8.71. The number of nitrogens with zero attached hydrogens (tertiary/aromatic N) is 1. The minimum absolute atomic E-state index is 0.185. The van der Waals surface area contributed by atoms with E-state index in [1.807, 2.05) is 0 Å². The molecule has 1 fully saturated rings. The van der Waals surface area contributed by atoms with Crippen LogP contribution in [0.2, 0.25) is 0 Å². The fraction of sp³-hybridized carbons (Fsp3) is 0.625. The molecule has 0 spiro atoms. The molecule has 1 aromatic rings. The van der Waals surface area contributed by atoms with Gasteiger partial charge in [-0.15, -0.1) is 0 Å². The Balaban J connectivity index is 2.03. The van der Waals surface area contributed by atoms with E-state index in [-0.39, 0.29) is 11.5 Å². The van der Waals surface area contributed by atoms with Crippen molar-refractivity contribution in [3.63, 3.8) is 0 Å². The highest BCUT2D eigenvalue weighted by Gasteiger charge is 2.37. The standard InChI is InChI=1S/C16H25N3O6S2/c1-2-7-19-8-3-4-12-9-13-11(10-14(12)19)5-6-15(24-26(17,20)21)16(13)25-27(18,22)23/h5-6,12,14H,2-4,7-10H2,1H3,(H2,17,20,21)(H2,18,22,23). The minimum atomic E-state index is -4.36. The maximum Gasteiger partial charge on any atom is 0.380 e. The first-order valence-electron chi connectivity index (χ1n) is 8.90. The fourth-order valence-corrected chi connectivity index (χ4v) is 5.06. The fourth-order valence-electron chi connectivity index (χ4n) is 4.26. The first kappa shape index (κ1) is 20.3. The second kappa shape index (κ2) is 7.55. The lowest BCUT2D eigenvalue weighted by atomic mass is 9.75. The first-order valence-corrected chi connectivity index (χ1v) is 11.8. The maximum atomic E-state index is 11.5. The second-order valence-electron chi connectivity index (χ2n) is 7.10. The molecule has 11 heteroatoms. The summed E-state index contributed by atoms with van der Waals surface area (Å²) in [6.45, 7) is 4.22. The van der Waals surface area contributed by atoms with Crippen molar-refractivity contribution < 1.29 is 25.2 Å². The summed E-state index contributed by atoms with van der Waals surface area (Å²) in [6.07, 6.45) is 4.44. The van der Waals surface area contributed by atoms with Crippen molar-refractivity contribution in [3.05, 3.63) is 23.3 Å². The van der Waals surface area contributed by atoms with Gasteiger partial charge in [-0.3, -0.25) is 4.90 Å². The lowest BCUT2D eigenvalue weighted by Crippen LogP contribution is -2.49. The van der Waals surface area contributed by atoms with Crippen LogP contribution >= 0.6 is 0 Å². The van der Waals surface area contributed by atoms with Crippen LogP contribution in [0, 0.1) is 5.92 Å². The van der Waals surface area contributed by atoms with Crippen LogP contribution in [0.3, 0.4) is 0 Å². The van der Waals surface area contributed by atoms with Gasteiger partial charge in [0.2, 0.25) is 0 Å². The number of nitrogens with two attached hydrogens (primary N) is 2. The van der Waals surface area contributed by atoms with Gasteiger partial charge in [0.05, 0.1) is 0 Å². The predicted molar refractivity (Wildman–Crippen MR) is 99.7 cm³/mol. The largest absolute Gasteiger partial charge is 0.380 e. The van der Waals surface area contributed by atoms with E-state index in [9.17, 15) is 16.8 Å². The third-order valence-electron chi connectivity index (χ3n) is 5.17.